The van der Waals surface area contributed by atoms with Gasteiger partial charge in [0.25, 0.3) is 10.0 Å². The van der Waals surface area contributed by atoms with Crippen LogP contribution in [0.5, 0.6) is 5.75 Å². The van der Waals surface area contributed by atoms with E-state index in [9.17, 15) is 18.0 Å². The molecule has 3 rings (SSSR count). The van der Waals surface area contributed by atoms with Crippen LogP contribution in [-0.2, 0) is 26.2 Å². The molecule has 40 heavy (non-hydrogen) atoms. The van der Waals surface area contributed by atoms with E-state index >= 15 is 0 Å². The Morgan fingerprint density at radius 3 is 2.20 bits per heavy atom. The summed E-state index contributed by atoms with van der Waals surface area (Å²) in [6, 6.07) is 14.6. The second kappa shape index (κ2) is 13.6. The fourth-order valence-electron chi connectivity index (χ4n) is 3.95. The van der Waals surface area contributed by atoms with Crippen molar-refractivity contribution in [2.45, 2.75) is 38.3 Å². The van der Waals surface area contributed by atoms with Gasteiger partial charge in [-0.1, -0.05) is 58.6 Å². The van der Waals surface area contributed by atoms with Gasteiger partial charge in [-0.3, -0.25) is 13.9 Å². The number of amides is 2. The van der Waals surface area contributed by atoms with Crippen LogP contribution < -0.4 is 14.4 Å². The number of benzene rings is 3. The summed E-state index contributed by atoms with van der Waals surface area (Å²) in [6.07, 6.45) is 0. The largest absolute Gasteiger partial charge is 0.495 e. The number of hydrogen-bond donors (Lipinski definition) is 1. The van der Waals surface area contributed by atoms with E-state index in [2.05, 4.69) is 5.32 Å². The zero-order valence-electron chi connectivity index (χ0n) is 22.4. The SMILES string of the molecule is CCNC(=O)[C@@H](C)N(Cc1ccc(Cl)cc1Cl)C(=O)CN(c1cc(Cl)ccc1OC)S(=O)(=O)c1ccc(C)cc1. The molecule has 0 heterocycles. The van der Waals surface area contributed by atoms with Crippen LogP contribution in [0.1, 0.15) is 25.0 Å². The second-order valence-corrected chi connectivity index (χ2v) is 12.1. The van der Waals surface area contributed by atoms with Gasteiger partial charge in [0.05, 0.1) is 17.7 Å². The molecule has 0 unspecified atom stereocenters. The number of carbonyl (C=O) groups is 2. The Balaban J connectivity index is 2.12. The third kappa shape index (κ3) is 7.40. The summed E-state index contributed by atoms with van der Waals surface area (Å²) < 4.78 is 34.3. The molecule has 0 fully saturated rings. The monoisotopic (exact) mass is 625 g/mol. The standard InChI is InChI=1S/C28H30Cl3N3O5S/c1-5-32-28(36)19(3)33(16-20-8-9-21(29)14-24(20)31)27(35)17-34(25-15-22(30)10-13-26(25)39-4)40(37,38)23-11-6-18(2)7-12-23/h6-15,19H,5,16-17H2,1-4H3,(H,32,36)/t19-/m1/s1. The zero-order chi connectivity index (χ0) is 29.6. The third-order valence-electron chi connectivity index (χ3n) is 6.17. The first kappa shape index (κ1) is 31.5. The van der Waals surface area contributed by atoms with E-state index in [4.69, 9.17) is 39.5 Å². The first-order chi connectivity index (χ1) is 18.9. The van der Waals surface area contributed by atoms with Crippen LogP contribution in [0.25, 0.3) is 0 Å². The van der Waals surface area contributed by atoms with Crippen molar-refractivity contribution in [1.29, 1.82) is 0 Å². The molecule has 214 valence electrons. The molecule has 0 saturated carbocycles. The predicted molar refractivity (Wildman–Crippen MR) is 159 cm³/mol. The predicted octanol–water partition coefficient (Wildman–Crippen LogP) is 5.71. The second-order valence-electron chi connectivity index (χ2n) is 8.97. The molecule has 0 aliphatic carbocycles. The lowest BCUT2D eigenvalue weighted by Gasteiger charge is -2.32. The fourth-order valence-corrected chi connectivity index (χ4v) is 6.00. The maximum absolute atomic E-state index is 14.0. The number of sulfonamides is 1. The molecular formula is C28H30Cl3N3O5S. The highest BCUT2D eigenvalue weighted by atomic mass is 35.5. The lowest BCUT2D eigenvalue weighted by molar-refractivity contribution is -0.139. The molecule has 12 heteroatoms. The van der Waals surface area contributed by atoms with Gasteiger partial charge in [0, 0.05) is 28.2 Å². The van der Waals surface area contributed by atoms with Gasteiger partial charge in [-0.15, -0.1) is 0 Å². The topological polar surface area (TPSA) is 96.0 Å². The van der Waals surface area contributed by atoms with Crippen molar-refractivity contribution in [3.05, 3.63) is 86.9 Å². The number of anilines is 1. The van der Waals surface area contributed by atoms with Crippen molar-refractivity contribution in [1.82, 2.24) is 10.2 Å². The van der Waals surface area contributed by atoms with Crippen LogP contribution in [-0.4, -0.2) is 51.4 Å². The molecule has 8 nitrogen and oxygen atoms in total. The maximum atomic E-state index is 14.0. The summed E-state index contributed by atoms with van der Waals surface area (Å²) in [5.41, 5.74) is 1.46. The fraction of sp³-hybridized carbons (Fsp3) is 0.286. The molecule has 0 aromatic heterocycles. The number of likely N-dealkylation sites (N-methyl/N-ethyl adjacent to an activating group) is 1. The number of aryl methyl sites for hydroxylation is 1. The van der Waals surface area contributed by atoms with Gasteiger partial charge in [0.15, 0.2) is 0 Å². The summed E-state index contributed by atoms with van der Waals surface area (Å²) in [6.45, 7) is 4.78. The minimum atomic E-state index is -4.29. The number of nitrogens with zero attached hydrogens (tertiary/aromatic N) is 2. The smallest absolute Gasteiger partial charge is 0.264 e. The van der Waals surface area contributed by atoms with Crippen molar-refractivity contribution in [2.24, 2.45) is 0 Å². The molecule has 0 aliphatic rings. The highest BCUT2D eigenvalue weighted by Gasteiger charge is 2.34. The Hall–Kier alpha value is -2.98. The molecule has 1 atom stereocenters. The van der Waals surface area contributed by atoms with Crippen molar-refractivity contribution in [3.63, 3.8) is 0 Å². The molecular weight excluding hydrogens is 597 g/mol. The van der Waals surface area contributed by atoms with Crippen molar-refractivity contribution < 1.29 is 22.7 Å². The van der Waals surface area contributed by atoms with E-state index in [1.54, 1.807) is 44.2 Å². The van der Waals surface area contributed by atoms with Gasteiger partial charge in [-0.25, -0.2) is 8.42 Å². The number of methoxy groups -OCH3 is 1. The van der Waals surface area contributed by atoms with Gasteiger partial charge >= 0.3 is 0 Å². The molecule has 1 N–H and O–H groups in total. The summed E-state index contributed by atoms with van der Waals surface area (Å²) in [7, 11) is -2.90. The minimum absolute atomic E-state index is 0.0306. The molecule has 0 spiro atoms. The Morgan fingerprint density at radius 1 is 0.975 bits per heavy atom. The summed E-state index contributed by atoms with van der Waals surface area (Å²) in [4.78, 5) is 28.1. The molecule has 0 saturated heterocycles. The summed E-state index contributed by atoms with van der Waals surface area (Å²) in [5.74, 6) is -0.867. The van der Waals surface area contributed by atoms with E-state index in [-0.39, 0.29) is 27.9 Å². The van der Waals surface area contributed by atoms with E-state index in [1.807, 2.05) is 6.92 Å². The van der Waals surface area contributed by atoms with Gasteiger partial charge in [-0.05, 0) is 68.8 Å². The lowest BCUT2D eigenvalue weighted by atomic mass is 10.1. The quantitative estimate of drug-likeness (QED) is 0.294. The molecule has 0 aliphatic heterocycles. The maximum Gasteiger partial charge on any atom is 0.264 e. The van der Waals surface area contributed by atoms with Crippen LogP contribution in [0.2, 0.25) is 15.1 Å². The minimum Gasteiger partial charge on any atom is -0.495 e. The van der Waals surface area contributed by atoms with E-state index in [0.29, 0.717) is 22.2 Å². The van der Waals surface area contributed by atoms with E-state index in [1.165, 1.54) is 42.3 Å². The van der Waals surface area contributed by atoms with Gasteiger partial charge in [0.2, 0.25) is 11.8 Å². The van der Waals surface area contributed by atoms with Gasteiger partial charge in [0.1, 0.15) is 18.3 Å². The highest BCUT2D eigenvalue weighted by molar-refractivity contribution is 7.92. The molecule has 3 aromatic rings. The van der Waals surface area contributed by atoms with Crippen molar-refractivity contribution in [2.75, 3.05) is 24.5 Å². The summed E-state index contributed by atoms with van der Waals surface area (Å²) >= 11 is 18.7. The number of rotatable bonds is 11. The first-order valence-electron chi connectivity index (χ1n) is 12.3. The first-order valence-corrected chi connectivity index (χ1v) is 14.9. The zero-order valence-corrected chi connectivity index (χ0v) is 25.5. The molecule has 0 radical (unpaired) electrons. The Bertz CT molecular complexity index is 1480. The highest BCUT2D eigenvalue weighted by Crippen LogP contribution is 2.35. The van der Waals surface area contributed by atoms with Gasteiger partial charge < -0.3 is 15.0 Å². The van der Waals surface area contributed by atoms with Crippen LogP contribution in [0.4, 0.5) is 5.69 Å². The van der Waals surface area contributed by atoms with Crippen LogP contribution in [0, 0.1) is 6.92 Å². The molecule has 0 bridgehead atoms. The number of ether oxygens (including phenoxy) is 1. The Morgan fingerprint density at radius 2 is 1.60 bits per heavy atom. The van der Waals surface area contributed by atoms with E-state index < -0.39 is 34.4 Å². The Labute approximate surface area is 249 Å². The lowest BCUT2D eigenvalue weighted by Crippen LogP contribution is -2.51. The molecule has 3 aromatic carbocycles. The number of hydrogen-bond acceptors (Lipinski definition) is 5. The molecule has 2 amide bonds. The van der Waals surface area contributed by atoms with Crippen LogP contribution in [0.15, 0.2) is 65.6 Å². The number of carbonyl (C=O) groups excluding carboxylic acids is 2. The third-order valence-corrected chi connectivity index (χ3v) is 8.77. The Kier molecular flexibility index (Phi) is 10.7. The average Bonchev–Trinajstić information content (AvgIpc) is 2.91. The average molecular weight is 627 g/mol. The number of halogens is 3. The normalized spacial score (nSPS) is 12.0. The van der Waals surface area contributed by atoms with Crippen molar-refractivity contribution in [3.8, 4) is 5.75 Å². The van der Waals surface area contributed by atoms with Crippen LogP contribution >= 0.6 is 34.8 Å². The summed E-state index contributed by atoms with van der Waals surface area (Å²) in [5, 5.41) is 3.66. The van der Waals surface area contributed by atoms with Crippen molar-refractivity contribution >= 4 is 62.3 Å². The van der Waals surface area contributed by atoms with E-state index in [0.717, 1.165) is 9.87 Å². The van der Waals surface area contributed by atoms with Crippen LogP contribution in [0.3, 0.4) is 0 Å². The number of nitrogens with one attached hydrogen (secondary N) is 1. The van der Waals surface area contributed by atoms with Gasteiger partial charge in [-0.2, -0.15) is 0 Å².